The summed E-state index contributed by atoms with van der Waals surface area (Å²) in [7, 11) is 1.52. The van der Waals surface area contributed by atoms with Crippen LogP contribution in [-0.4, -0.2) is 13.1 Å². The number of ether oxygens (including phenoxy) is 2. The SMILES string of the molecule is COc1cccc2cc(-c3ccc(OC(C)=O)cc3)c(=O)oc12. The maximum absolute atomic E-state index is 12.3. The standard InChI is InChI=1S/C18H14O5/c1-11(19)22-14-8-6-12(7-9-14)15-10-13-4-3-5-16(21-2)17(13)23-18(15)20/h3-10H,1-2H3. The molecule has 3 rings (SSSR count). The lowest BCUT2D eigenvalue weighted by molar-refractivity contribution is -0.131. The number of methoxy groups -OCH3 is 1. The van der Waals surface area contributed by atoms with Gasteiger partial charge in [0.05, 0.1) is 12.7 Å². The van der Waals surface area contributed by atoms with E-state index in [1.54, 1.807) is 36.4 Å². The first-order valence-electron chi connectivity index (χ1n) is 6.98. The number of carbonyl (C=O) groups excluding carboxylic acids is 1. The largest absolute Gasteiger partial charge is 0.493 e. The molecule has 0 radical (unpaired) electrons. The molecular formula is C18H14O5. The topological polar surface area (TPSA) is 65.7 Å². The molecule has 1 heterocycles. The Kier molecular flexibility index (Phi) is 3.85. The highest BCUT2D eigenvalue weighted by atomic mass is 16.5. The Bertz CT molecular complexity index is 922. The van der Waals surface area contributed by atoms with Crippen LogP contribution in [0, 0.1) is 0 Å². The third-order valence-electron chi connectivity index (χ3n) is 3.37. The Hall–Kier alpha value is -3.08. The van der Waals surface area contributed by atoms with Gasteiger partial charge in [0.15, 0.2) is 11.3 Å². The average Bonchev–Trinajstić information content (AvgIpc) is 2.54. The predicted molar refractivity (Wildman–Crippen MR) is 85.8 cm³/mol. The van der Waals surface area contributed by atoms with E-state index in [1.165, 1.54) is 14.0 Å². The van der Waals surface area contributed by atoms with Gasteiger partial charge in [-0.2, -0.15) is 0 Å². The number of rotatable bonds is 3. The number of hydrogen-bond acceptors (Lipinski definition) is 5. The van der Waals surface area contributed by atoms with Crippen LogP contribution in [0.3, 0.4) is 0 Å². The van der Waals surface area contributed by atoms with Crippen molar-refractivity contribution < 1.29 is 18.7 Å². The van der Waals surface area contributed by atoms with Crippen molar-refractivity contribution in [1.82, 2.24) is 0 Å². The smallest absolute Gasteiger partial charge is 0.344 e. The van der Waals surface area contributed by atoms with E-state index in [1.807, 2.05) is 12.1 Å². The molecule has 116 valence electrons. The van der Waals surface area contributed by atoms with Crippen LogP contribution < -0.4 is 15.1 Å². The molecule has 23 heavy (non-hydrogen) atoms. The van der Waals surface area contributed by atoms with Gasteiger partial charge in [0.25, 0.3) is 0 Å². The zero-order chi connectivity index (χ0) is 16.4. The van der Waals surface area contributed by atoms with Gasteiger partial charge in [-0.3, -0.25) is 4.79 Å². The predicted octanol–water partition coefficient (Wildman–Crippen LogP) is 3.39. The number of benzene rings is 2. The number of hydrogen-bond donors (Lipinski definition) is 0. The molecule has 0 saturated heterocycles. The molecule has 0 saturated carbocycles. The maximum Gasteiger partial charge on any atom is 0.344 e. The van der Waals surface area contributed by atoms with Crippen LogP contribution in [0.5, 0.6) is 11.5 Å². The maximum atomic E-state index is 12.3. The van der Waals surface area contributed by atoms with E-state index >= 15 is 0 Å². The van der Waals surface area contributed by atoms with Crippen molar-refractivity contribution in [2.45, 2.75) is 6.92 Å². The third-order valence-corrected chi connectivity index (χ3v) is 3.37. The van der Waals surface area contributed by atoms with Crippen molar-refractivity contribution in [3.8, 4) is 22.6 Å². The van der Waals surface area contributed by atoms with E-state index in [2.05, 4.69) is 0 Å². The van der Waals surface area contributed by atoms with Crippen LogP contribution in [0.4, 0.5) is 0 Å². The molecule has 0 aliphatic heterocycles. The fraction of sp³-hybridized carbons (Fsp3) is 0.111. The molecule has 0 fully saturated rings. The van der Waals surface area contributed by atoms with Gasteiger partial charge < -0.3 is 13.9 Å². The lowest BCUT2D eigenvalue weighted by Crippen LogP contribution is -2.04. The minimum Gasteiger partial charge on any atom is -0.493 e. The monoisotopic (exact) mass is 310 g/mol. The second-order valence-electron chi connectivity index (χ2n) is 4.94. The zero-order valence-electron chi connectivity index (χ0n) is 12.7. The van der Waals surface area contributed by atoms with Gasteiger partial charge in [-0.15, -0.1) is 0 Å². The molecule has 0 aliphatic carbocycles. The molecular weight excluding hydrogens is 296 g/mol. The zero-order valence-corrected chi connectivity index (χ0v) is 12.7. The fourth-order valence-electron chi connectivity index (χ4n) is 2.35. The summed E-state index contributed by atoms with van der Waals surface area (Å²) in [5.41, 5.74) is 1.07. The lowest BCUT2D eigenvalue weighted by Gasteiger charge is -2.06. The van der Waals surface area contributed by atoms with Crippen molar-refractivity contribution >= 4 is 16.9 Å². The molecule has 0 atom stereocenters. The van der Waals surface area contributed by atoms with E-state index in [4.69, 9.17) is 13.9 Å². The molecule has 0 aliphatic rings. The Morgan fingerprint density at radius 2 is 1.83 bits per heavy atom. The second kappa shape index (κ2) is 5.96. The van der Waals surface area contributed by atoms with Crippen LogP contribution in [0.2, 0.25) is 0 Å². The highest BCUT2D eigenvalue weighted by Crippen LogP contribution is 2.28. The molecule has 0 spiro atoms. The minimum atomic E-state index is -0.456. The third kappa shape index (κ3) is 2.94. The number of esters is 1. The van der Waals surface area contributed by atoms with Crippen molar-refractivity contribution in [2.24, 2.45) is 0 Å². The molecule has 0 N–H and O–H groups in total. The lowest BCUT2D eigenvalue weighted by atomic mass is 10.1. The summed E-state index contributed by atoms with van der Waals surface area (Å²) >= 11 is 0. The van der Waals surface area contributed by atoms with Gasteiger partial charge in [-0.05, 0) is 29.8 Å². The number of carbonyl (C=O) groups is 1. The van der Waals surface area contributed by atoms with Crippen molar-refractivity contribution in [1.29, 1.82) is 0 Å². The van der Waals surface area contributed by atoms with Gasteiger partial charge in [0, 0.05) is 12.3 Å². The highest BCUT2D eigenvalue weighted by molar-refractivity contribution is 5.86. The molecule has 5 nitrogen and oxygen atoms in total. The fourth-order valence-corrected chi connectivity index (χ4v) is 2.35. The first-order valence-corrected chi connectivity index (χ1v) is 6.98. The summed E-state index contributed by atoms with van der Waals surface area (Å²) in [6, 6.07) is 13.8. The van der Waals surface area contributed by atoms with E-state index in [0.29, 0.717) is 28.2 Å². The van der Waals surface area contributed by atoms with Crippen LogP contribution in [0.1, 0.15) is 6.92 Å². The van der Waals surface area contributed by atoms with Crippen LogP contribution in [-0.2, 0) is 4.79 Å². The summed E-state index contributed by atoms with van der Waals surface area (Å²) in [6.07, 6.45) is 0. The normalized spacial score (nSPS) is 10.5. The molecule has 2 aromatic carbocycles. The molecule has 3 aromatic rings. The van der Waals surface area contributed by atoms with E-state index in [9.17, 15) is 9.59 Å². The number of fused-ring (bicyclic) bond motifs is 1. The molecule has 0 amide bonds. The first kappa shape index (κ1) is 14.8. The van der Waals surface area contributed by atoms with Gasteiger partial charge in [-0.1, -0.05) is 24.3 Å². The van der Waals surface area contributed by atoms with Gasteiger partial charge in [0.2, 0.25) is 0 Å². The van der Waals surface area contributed by atoms with Crippen LogP contribution >= 0.6 is 0 Å². The molecule has 1 aromatic heterocycles. The van der Waals surface area contributed by atoms with E-state index in [0.717, 1.165) is 5.39 Å². The Labute approximate surface area is 132 Å². The van der Waals surface area contributed by atoms with Crippen molar-refractivity contribution in [3.63, 3.8) is 0 Å². The Morgan fingerprint density at radius 1 is 1.09 bits per heavy atom. The average molecular weight is 310 g/mol. The Balaban J connectivity index is 2.08. The molecule has 5 heteroatoms. The van der Waals surface area contributed by atoms with Crippen LogP contribution in [0.15, 0.2) is 57.7 Å². The number of para-hydroxylation sites is 1. The highest BCUT2D eigenvalue weighted by Gasteiger charge is 2.11. The van der Waals surface area contributed by atoms with Crippen molar-refractivity contribution in [2.75, 3.05) is 7.11 Å². The van der Waals surface area contributed by atoms with Gasteiger partial charge in [0.1, 0.15) is 5.75 Å². The summed E-state index contributed by atoms with van der Waals surface area (Å²) in [6.45, 7) is 1.33. The van der Waals surface area contributed by atoms with E-state index < -0.39 is 11.6 Å². The first-order chi connectivity index (χ1) is 11.1. The van der Waals surface area contributed by atoms with Gasteiger partial charge in [-0.25, -0.2) is 4.79 Å². The molecule has 0 unspecified atom stereocenters. The second-order valence-corrected chi connectivity index (χ2v) is 4.94. The van der Waals surface area contributed by atoms with Crippen LogP contribution in [0.25, 0.3) is 22.1 Å². The van der Waals surface area contributed by atoms with E-state index in [-0.39, 0.29) is 0 Å². The summed E-state index contributed by atoms with van der Waals surface area (Å²) in [4.78, 5) is 23.2. The van der Waals surface area contributed by atoms with Crippen molar-refractivity contribution in [3.05, 3.63) is 59.0 Å². The Morgan fingerprint density at radius 3 is 2.48 bits per heavy atom. The van der Waals surface area contributed by atoms with Gasteiger partial charge >= 0.3 is 11.6 Å². The summed E-state index contributed by atoms with van der Waals surface area (Å²) in [5, 5.41) is 0.767. The molecule has 0 bridgehead atoms. The quantitative estimate of drug-likeness (QED) is 0.421. The minimum absolute atomic E-state index is 0.393. The summed E-state index contributed by atoms with van der Waals surface area (Å²) < 4.78 is 15.6. The summed E-state index contributed by atoms with van der Waals surface area (Å²) in [5.74, 6) is 0.541.